The van der Waals surface area contributed by atoms with Crippen LogP contribution in [0.2, 0.25) is 5.02 Å². The molecule has 1 heterocycles. The number of sulfonamides is 1. The molecule has 1 saturated carbocycles. The fraction of sp³-hybridized carbons (Fsp3) is 0.588. The van der Waals surface area contributed by atoms with E-state index in [4.69, 9.17) is 11.6 Å². The van der Waals surface area contributed by atoms with Gasteiger partial charge in [-0.3, -0.25) is 4.79 Å². The Bertz CT molecular complexity index is 684. The van der Waals surface area contributed by atoms with Crippen molar-refractivity contribution in [2.24, 2.45) is 0 Å². The average Bonchev–Trinajstić information content (AvgIpc) is 3.08. The summed E-state index contributed by atoms with van der Waals surface area (Å²) >= 11 is 5.85. The van der Waals surface area contributed by atoms with Crippen LogP contribution in [0.25, 0.3) is 0 Å². The van der Waals surface area contributed by atoms with E-state index in [0.717, 1.165) is 38.5 Å². The Kier molecular flexibility index (Phi) is 5.47. The molecule has 1 aliphatic heterocycles. The van der Waals surface area contributed by atoms with Crippen LogP contribution in [-0.4, -0.2) is 37.3 Å². The molecule has 7 heteroatoms. The highest BCUT2D eigenvalue weighted by Crippen LogP contribution is 2.27. The number of nitrogens with zero attached hydrogens (tertiary/aromatic N) is 1. The van der Waals surface area contributed by atoms with Crippen LogP contribution in [0.3, 0.4) is 0 Å². The average molecular weight is 371 g/mol. The molecule has 0 spiro atoms. The van der Waals surface area contributed by atoms with E-state index in [1.54, 1.807) is 12.1 Å². The number of halogens is 1. The van der Waals surface area contributed by atoms with E-state index in [2.05, 4.69) is 5.32 Å². The van der Waals surface area contributed by atoms with Crippen molar-refractivity contribution in [1.82, 2.24) is 9.62 Å². The Morgan fingerprint density at radius 1 is 1.04 bits per heavy atom. The lowest BCUT2D eigenvalue weighted by Gasteiger charge is -2.34. The van der Waals surface area contributed by atoms with Gasteiger partial charge in [0.15, 0.2) is 0 Å². The van der Waals surface area contributed by atoms with Gasteiger partial charge in [0.1, 0.15) is 6.04 Å². The first-order valence-electron chi connectivity index (χ1n) is 8.56. The third kappa shape index (κ3) is 3.76. The van der Waals surface area contributed by atoms with Crippen molar-refractivity contribution < 1.29 is 13.2 Å². The molecular formula is C17H23ClN2O3S. The second-order valence-corrected chi connectivity index (χ2v) is 8.90. The zero-order valence-electron chi connectivity index (χ0n) is 13.6. The smallest absolute Gasteiger partial charge is 0.243 e. The highest BCUT2D eigenvalue weighted by Gasteiger charge is 2.38. The Labute approximate surface area is 148 Å². The molecule has 132 valence electrons. The number of carbonyl (C=O) groups excluding carboxylic acids is 1. The summed E-state index contributed by atoms with van der Waals surface area (Å²) in [4.78, 5) is 12.8. The van der Waals surface area contributed by atoms with Gasteiger partial charge in [-0.2, -0.15) is 4.31 Å². The maximum Gasteiger partial charge on any atom is 0.243 e. The first-order valence-corrected chi connectivity index (χ1v) is 10.4. The Balaban J connectivity index is 1.80. The zero-order valence-corrected chi connectivity index (χ0v) is 15.2. The van der Waals surface area contributed by atoms with Crippen molar-refractivity contribution in [3.05, 3.63) is 29.3 Å². The lowest BCUT2D eigenvalue weighted by Crippen LogP contribution is -2.53. The number of amides is 1. The van der Waals surface area contributed by atoms with E-state index in [1.165, 1.54) is 16.4 Å². The normalized spacial score (nSPS) is 23.3. The first-order chi connectivity index (χ1) is 11.5. The van der Waals surface area contributed by atoms with Gasteiger partial charge in [-0.1, -0.05) is 30.9 Å². The molecule has 1 saturated heterocycles. The minimum absolute atomic E-state index is 0.154. The molecule has 1 aromatic carbocycles. The van der Waals surface area contributed by atoms with Gasteiger partial charge >= 0.3 is 0 Å². The van der Waals surface area contributed by atoms with E-state index in [0.29, 0.717) is 18.0 Å². The summed E-state index contributed by atoms with van der Waals surface area (Å²) < 4.78 is 27.3. The number of hydrogen-bond acceptors (Lipinski definition) is 3. The molecule has 2 aliphatic rings. The highest BCUT2D eigenvalue weighted by molar-refractivity contribution is 7.89. The van der Waals surface area contributed by atoms with Crippen molar-refractivity contribution in [3.63, 3.8) is 0 Å². The summed E-state index contributed by atoms with van der Waals surface area (Å²) in [5, 5.41) is 3.53. The van der Waals surface area contributed by atoms with Crippen molar-refractivity contribution >= 4 is 27.5 Å². The second-order valence-electron chi connectivity index (χ2n) is 6.57. The molecule has 3 rings (SSSR count). The number of piperidine rings is 1. The Morgan fingerprint density at radius 2 is 1.67 bits per heavy atom. The maximum atomic E-state index is 13.0. The maximum absolute atomic E-state index is 13.0. The second kappa shape index (κ2) is 7.42. The quantitative estimate of drug-likeness (QED) is 0.886. The van der Waals surface area contributed by atoms with Crippen LogP contribution < -0.4 is 5.32 Å². The summed E-state index contributed by atoms with van der Waals surface area (Å²) in [5.41, 5.74) is 0. The number of nitrogens with one attached hydrogen (secondary N) is 1. The standard InChI is InChI=1S/C17H23ClN2O3S/c18-13-8-10-15(11-9-13)24(22,23)20-12-4-3-7-16(20)17(21)19-14-5-1-2-6-14/h8-11,14,16H,1-7,12H2,(H,19,21). The SMILES string of the molecule is O=C(NC1CCCC1)C1CCCCN1S(=O)(=O)c1ccc(Cl)cc1. The van der Waals surface area contributed by atoms with Gasteiger partial charge in [0, 0.05) is 17.6 Å². The van der Waals surface area contributed by atoms with E-state index < -0.39 is 16.1 Å². The third-order valence-electron chi connectivity index (χ3n) is 4.88. The summed E-state index contributed by atoms with van der Waals surface area (Å²) in [7, 11) is -3.69. The third-order valence-corrected chi connectivity index (χ3v) is 7.05. The molecule has 0 bridgehead atoms. The molecule has 1 unspecified atom stereocenters. The summed E-state index contributed by atoms with van der Waals surface area (Å²) in [6.45, 7) is 0.383. The molecule has 24 heavy (non-hydrogen) atoms. The number of carbonyl (C=O) groups is 1. The largest absolute Gasteiger partial charge is 0.352 e. The van der Waals surface area contributed by atoms with E-state index in [1.807, 2.05) is 0 Å². The van der Waals surface area contributed by atoms with Crippen LogP contribution >= 0.6 is 11.6 Å². The van der Waals surface area contributed by atoms with Crippen LogP contribution in [0.4, 0.5) is 0 Å². The van der Waals surface area contributed by atoms with Gasteiger partial charge in [-0.15, -0.1) is 0 Å². The van der Waals surface area contributed by atoms with Gasteiger partial charge in [0.05, 0.1) is 4.90 Å². The van der Waals surface area contributed by atoms with Gasteiger partial charge in [0.25, 0.3) is 0 Å². The van der Waals surface area contributed by atoms with Crippen LogP contribution in [-0.2, 0) is 14.8 Å². The highest BCUT2D eigenvalue weighted by atomic mass is 35.5. The molecular weight excluding hydrogens is 348 g/mol. The monoisotopic (exact) mass is 370 g/mol. The molecule has 1 amide bonds. The molecule has 0 radical (unpaired) electrons. The number of rotatable bonds is 4. The zero-order chi connectivity index (χ0) is 17.2. The van der Waals surface area contributed by atoms with E-state index in [-0.39, 0.29) is 16.8 Å². The predicted molar refractivity (Wildman–Crippen MR) is 93.4 cm³/mol. The Hall–Kier alpha value is -1.11. The van der Waals surface area contributed by atoms with Gasteiger partial charge in [-0.05, 0) is 49.9 Å². The van der Waals surface area contributed by atoms with Gasteiger partial charge < -0.3 is 5.32 Å². The minimum atomic E-state index is -3.69. The van der Waals surface area contributed by atoms with Crippen LogP contribution in [0.5, 0.6) is 0 Å². The molecule has 5 nitrogen and oxygen atoms in total. The predicted octanol–water partition coefficient (Wildman–Crippen LogP) is 2.94. The fourth-order valence-corrected chi connectivity index (χ4v) is 5.35. The number of hydrogen-bond donors (Lipinski definition) is 1. The number of benzene rings is 1. The fourth-order valence-electron chi connectivity index (χ4n) is 3.56. The van der Waals surface area contributed by atoms with Crippen LogP contribution in [0.15, 0.2) is 29.2 Å². The lowest BCUT2D eigenvalue weighted by molar-refractivity contribution is -0.126. The van der Waals surface area contributed by atoms with Crippen molar-refractivity contribution in [1.29, 1.82) is 0 Å². The summed E-state index contributed by atoms with van der Waals surface area (Å²) in [6, 6.07) is 5.70. The molecule has 1 N–H and O–H groups in total. The first kappa shape index (κ1) is 17.7. The Morgan fingerprint density at radius 3 is 2.33 bits per heavy atom. The van der Waals surface area contributed by atoms with Gasteiger partial charge in [0.2, 0.25) is 15.9 Å². The molecule has 2 fully saturated rings. The van der Waals surface area contributed by atoms with Crippen LogP contribution in [0.1, 0.15) is 44.9 Å². The topological polar surface area (TPSA) is 66.5 Å². The van der Waals surface area contributed by atoms with Crippen LogP contribution in [0, 0.1) is 0 Å². The summed E-state index contributed by atoms with van der Waals surface area (Å²) in [5.74, 6) is -0.154. The van der Waals surface area contributed by atoms with Crippen molar-refractivity contribution in [2.45, 2.75) is 61.9 Å². The molecule has 1 aliphatic carbocycles. The lowest BCUT2D eigenvalue weighted by atomic mass is 10.0. The van der Waals surface area contributed by atoms with Crippen molar-refractivity contribution in [2.75, 3.05) is 6.54 Å². The summed E-state index contributed by atoms with van der Waals surface area (Å²) in [6.07, 6.45) is 6.45. The molecule has 1 aromatic rings. The van der Waals surface area contributed by atoms with Crippen molar-refractivity contribution in [3.8, 4) is 0 Å². The minimum Gasteiger partial charge on any atom is -0.352 e. The molecule has 1 atom stereocenters. The van der Waals surface area contributed by atoms with E-state index in [9.17, 15) is 13.2 Å². The molecule has 0 aromatic heterocycles. The van der Waals surface area contributed by atoms with Gasteiger partial charge in [-0.25, -0.2) is 8.42 Å². The van der Waals surface area contributed by atoms with E-state index >= 15 is 0 Å².